The number of oxazole rings is 1. The highest BCUT2D eigenvalue weighted by Crippen LogP contribution is 2.27. The van der Waals surface area contributed by atoms with Crippen LogP contribution < -0.4 is 0 Å². The van der Waals surface area contributed by atoms with Crippen LogP contribution in [0.4, 0.5) is 0 Å². The van der Waals surface area contributed by atoms with Crippen molar-refractivity contribution < 1.29 is 23.2 Å². The summed E-state index contributed by atoms with van der Waals surface area (Å²) < 4.78 is 22.9. The van der Waals surface area contributed by atoms with Gasteiger partial charge >= 0.3 is 0 Å². The van der Waals surface area contributed by atoms with Crippen molar-refractivity contribution in [2.45, 2.75) is 19.3 Å². The van der Waals surface area contributed by atoms with Crippen LogP contribution in [0.15, 0.2) is 51.7 Å². The number of nitrogens with zero attached hydrogens (tertiary/aromatic N) is 4. The van der Waals surface area contributed by atoms with Gasteiger partial charge in [-0.1, -0.05) is 35.5 Å². The molecule has 31 heavy (non-hydrogen) atoms. The molecule has 1 unspecified atom stereocenters. The van der Waals surface area contributed by atoms with Gasteiger partial charge in [0.05, 0.1) is 38.5 Å². The number of aromatic nitrogens is 2. The van der Waals surface area contributed by atoms with Crippen LogP contribution in [0, 0.1) is 6.92 Å². The lowest BCUT2D eigenvalue weighted by molar-refractivity contribution is -0.288. The minimum absolute atomic E-state index is 0.193. The summed E-state index contributed by atoms with van der Waals surface area (Å²) in [5.74, 6) is -0.0274. The Morgan fingerprint density at radius 2 is 1.94 bits per heavy atom. The monoisotopic (exact) mass is 424 g/mol. The lowest BCUT2D eigenvalue weighted by atomic mass is 10.1. The van der Waals surface area contributed by atoms with Crippen LogP contribution in [0.2, 0.25) is 0 Å². The first-order valence-electron chi connectivity index (χ1n) is 10.3. The molecule has 3 aromatic rings. The fraction of sp³-hybridized carbons (Fsp3) is 0.409. The van der Waals surface area contributed by atoms with Crippen molar-refractivity contribution in [3.05, 3.63) is 60.0 Å². The first-order chi connectivity index (χ1) is 15.1. The van der Waals surface area contributed by atoms with E-state index in [1.807, 2.05) is 36.4 Å². The molecule has 4 heterocycles. The molecule has 0 saturated carbocycles. The summed E-state index contributed by atoms with van der Waals surface area (Å²) in [4.78, 5) is 20.8. The molecule has 0 radical (unpaired) electrons. The molecule has 2 fully saturated rings. The zero-order chi connectivity index (χ0) is 21.3. The number of hydrogen-bond donors (Lipinski definition) is 0. The number of morpholine rings is 2. The van der Waals surface area contributed by atoms with Gasteiger partial charge in [-0.05, 0) is 6.92 Å². The summed E-state index contributed by atoms with van der Waals surface area (Å²) in [6.45, 7) is 5.31. The maximum Gasteiger partial charge on any atom is 0.291 e. The Balaban J connectivity index is 1.26. The van der Waals surface area contributed by atoms with Crippen molar-refractivity contribution in [1.29, 1.82) is 0 Å². The predicted molar refractivity (Wildman–Crippen MR) is 109 cm³/mol. The highest BCUT2D eigenvalue weighted by atomic mass is 16.7. The topological polar surface area (TPSA) is 94.1 Å². The van der Waals surface area contributed by atoms with E-state index in [-0.39, 0.29) is 11.7 Å². The minimum Gasteiger partial charge on any atom is -0.438 e. The predicted octanol–water partition coefficient (Wildman–Crippen LogP) is 2.34. The molecule has 1 atom stereocenters. The second kappa shape index (κ2) is 8.26. The molecule has 1 amide bonds. The van der Waals surface area contributed by atoms with E-state index in [0.717, 1.165) is 23.6 Å². The molecule has 0 aliphatic carbocycles. The van der Waals surface area contributed by atoms with Gasteiger partial charge in [-0.3, -0.25) is 9.69 Å². The van der Waals surface area contributed by atoms with Crippen molar-refractivity contribution in [2.75, 3.05) is 39.4 Å². The van der Waals surface area contributed by atoms with Gasteiger partial charge in [0.25, 0.3) is 5.91 Å². The quantitative estimate of drug-likeness (QED) is 0.630. The fourth-order valence-electron chi connectivity index (χ4n) is 4.08. The smallest absolute Gasteiger partial charge is 0.291 e. The number of benzene rings is 1. The van der Waals surface area contributed by atoms with Crippen LogP contribution >= 0.6 is 0 Å². The van der Waals surface area contributed by atoms with Gasteiger partial charge in [0.15, 0.2) is 17.9 Å². The lowest BCUT2D eigenvalue weighted by Gasteiger charge is -2.47. The number of rotatable bonds is 4. The Morgan fingerprint density at radius 3 is 2.71 bits per heavy atom. The molecule has 1 aromatic carbocycles. The molecule has 2 aliphatic rings. The molecule has 0 N–H and O–H groups in total. The largest absolute Gasteiger partial charge is 0.438 e. The van der Waals surface area contributed by atoms with Crippen LogP contribution in [-0.2, 0) is 16.0 Å². The number of carbonyl (C=O) groups excluding carboxylic acids is 1. The molecule has 162 valence electrons. The summed E-state index contributed by atoms with van der Waals surface area (Å²) in [6.07, 6.45) is 1.29. The third-order valence-corrected chi connectivity index (χ3v) is 5.63. The lowest BCUT2D eigenvalue weighted by Crippen LogP contribution is -2.62. The Labute approximate surface area is 179 Å². The third kappa shape index (κ3) is 4.12. The molecule has 0 bridgehead atoms. The van der Waals surface area contributed by atoms with Crippen molar-refractivity contribution in [3.8, 4) is 11.3 Å². The average Bonchev–Trinajstić information content (AvgIpc) is 3.43. The number of carbonyl (C=O) groups is 1. The first kappa shape index (κ1) is 19.9. The number of ether oxygens (including phenoxy) is 2. The Bertz CT molecular complexity index is 1050. The molecule has 9 nitrogen and oxygen atoms in total. The van der Waals surface area contributed by atoms with E-state index in [9.17, 15) is 4.79 Å². The molecule has 1 spiro atoms. The van der Waals surface area contributed by atoms with Crippen molar-refractivity contribution in [2.24, 2.45) is 0 Å². The highest BCUT2D eigenvalue weighted by Gasteiger charge is 2.44. The molecule has 2 aliphatic heterocycles. The van der Waals surface area contributed by atoms with E-state index in [1.165, 1.54) is 6.39 Å². The second-order valence-electron chi connectivity index (χ2n) is 7.86. The third-order valence-electron chi connectivity index (χ3n) is 5.63. The highest BCUT2D eigenvalue weighted by molar-refractivity contribution is 5.92. The maximum atomic E-state index is 12.9. The van der Waals surface area contributed by atoms with Crippen LogP contribution in [0.3, 0.4) is 0 Å². The average molecular weight is 424 g/mol. The van der Waals surface area contributed by atoms with Gasteiger partial charge in [0, 0.05) is 24.7 Å². The van der Waals surface area contributed by atoms with Crippen LogP contribution in [0.1, 0.15) is 22.0 Å². The van der Waals surface area contributed by atoms with Crippen LogP contribution in [0.5, 0.6) is 0 Å². The molecule has 2 saturated heterocycles. The number of hydrogen-bond acceptors (Lipinski definition) is 8. The van der Waals surface area contributed by atoms with Gasteiger partial charge in [-0.25, -0.2) is 4.98 Å². The summed E-state index contributed by atoms with van der Waals surface area (Å²) >= 11 is 0. The number of aryl methyl sites for hydroxylation is 1. The standard InChI is InChI=1S/C22H24N4O5/c1-16-20(28-15-23-16)21(27)26-8-10-30-22(14-26)13-25(7-9-29-22)12-18-11-19(24-31-18)17-5-3-2-4-6-17/h2-6,11,15H,7-10,12-14H2,1H3. The summed E-state index contributed by atoms with van der Waals surface area (Å²) in [5.41, 5.74) is 2.41. The van der Waals surface area contributed by atoms with Crippen molar-refractivity contribution in [3.63, 3.8) is 0 Å². The Kier molecular flexibility index (Phi) is 5.31. The maximum absolute atomic E-state index is 12.9. The van der Waals surface area contributed by atoms with Crippen molar-refractivity contribution in [1.82, 2.24) is 19.9 Å². The Morgan fingerprint density at radius 1 is 1.13 bits per heavy atom. The van der Waals surface area contributed by atoms with Gasteiger partial charge < -0.3 is 23.3 Å². The van der Waals surface area contributed by atoms with Gasteiger partial charge in [-0.15, -0.1) is 0 Å². The van der Waals surface area contributed by atoms with E-state index in [4.69, 9.17) is 18.4 Å². The zero-order valence-corrected chi connectivity index (χ0v) is 17.3. The van der Waals surface area contributed by atoms with Crippen LogP contribution in [0.25, 0.3) is 11.3 Å². The SMILES string of the molecule is Cc1ncoc1C(=O)N1CCOC2(CN(Cc3cc(-c4ccccc4)no3)CCO2)C1. The van der Waals surface area contributed by atoms with E-state index >= 15 is 0 Å². The van der Waals surface area contributed by atoms with Crippen LogP contribution in [-0.4, -0.2) is 71.0 Å². The molecule has 5 rings (SSSR count). The van der Waals surface area contributed by atoms with E-state index in [1.54, 1.807) is 11.8 Å². The molecule has 2 aromatic heterocycles. The normalized spacial score (nSPS) is 22.2. The van der Waals surface area contributed by atoms with Gasteiger partial charge in [-0.2, -0.15) is 0 Å². The molecular formula is C22H24N4O5. The van der Waals surface area contributed by atoms with Gasteiger partial charge in [0.2, 0.25) is 5.76 Å². The first-order valence-corrected chi connectivity index (χ1v) is 10.3. The summed E-state index contributed by atoms with van der Waals surface area (Å²) in [6, 6.07) is 11.9. The van der Waals surface area contributed by atoms with Gasteiger partial charge in [0.1, 0.15) is 5.69 Å². The Hall–Kier alpha value is -3.01. The van der Waals surface area contributed by atoms with E-state index in [2.05, 4.69) is 15.0 Å². The van der Waals surface area contributed by atoms with E-state index < -0.39 is 5.79 Å². The summed E-state index contributed by atoms with van der Waals surface area (Å²) in [5, 5.41) is 4.19. The fourth-order valence-corrected chi connectivity index (χ4v) is 4.08. The summed E-state index contributed by atoms with van der Waals surface area (Å²) in [7, 11) is 0. The number of amides is 1. The molecular weight excluding hydrogens is 400 g/mol. The second-order valence-corrected chi connectivity index (χ2v) is 7.86. The molecule has 9 heteroatoms. The minimum atomic E-state index is -0.873. The van der Waals surface area contributed by atoms with E-state index in [0.29, 0.717) is 45.1 Å². The van der Waals surface area contributed by atoms with Crippen molar-refractivity contribution >= 4 is 5.91 Å². The zero-order valence-electron chi connectivity index (χ0n) is 17.3.